The van der Waals surface area contributed by atoms with Gasteiger partial charge in [-0.05, 0) is 37.0 Å². The van der Waals surface area contributed by atoms with Crippen molar-refractivity contribution in [2.45, 2.75) is 18.9 Å². The molecule has 5 heteroatoms. The third kappa shape index (κ3) is 2.88. The molecule has 92 valence electrons. The standard InChI is InChI=1S/C12H13ClFNO2/c1-17-12(16)11(7-2-3-7)15-8-4-5-9(13)10(14)6-8/h4-7,11,15H,2-3H2,1H3. The molecule has 0 heterocycles. The SMILES string of the molecule is COC(=O)C(Nc1ccc(Cl)c(F)c1)C1CC1. The zero-order chi connectivity index (χ0) is 12.4. The molecule has 1 aliphatic carbocycles. The molecular formula is C12H13ClFNO2. The summed E-state index contributed by atoms with van der Waals surface area (Å²) in [7, 11) is 1.35. The highest BCUT2D eigenvalue weighted by atomic mass is 35.5. The molecule has 2 rings (SSSR count). The van der Waals surface area contributed by atoms with Gasteiger partial charge in [0, 0.05) is 5.69 Å². The van der Waals surface area contributed by atoms with E-state index in [1.54, 1.807) is 6.07 Å². The largest absolute Gasteiger partial charge is 0.467 e. The van der Waals surface area contributed by atoms with Gasteiger partial charge in [-0.1, -0.05) is 11.6 Å². The number of ether oxygens (including phenoxy) is 1. The van der Waals surface area contributed by atoms with Crippen molar-refractivity contribution in [1.29, 1.82) is 0 Å². The summed E-state index contributed by atoms with van der Waals surface area (Å²) in [5.41, 5.74) is 0.536. The second-order valence-electron chi connectivity index (χ2n) is 4.11. The smallest absolute Gasteiger partial charge is 0.328 e. The summed E-state index contributed by atoms with van der Waals surface area (Å²) in [6.45, 7) is 0. The average molecular weight is 258 g/mol. The van der Waals surface area contributed by atoms with Gasteiger partial charge in [0.15, 0.2) is 0 Å². The maximum Gasteiger partial charge on any atom is 0.328 e. The highest BCUT2D eigenvalue weighted by molar-refractivity contribution is 6.30. The van der Waals surface area contributed by atoms with Gasteiger partial charge in [0.05, 0.1) is 12.1 Å². The molecule has 0 saturated heterocycles. The van der Waals surface area contributed by atoms with Crippen molar-refractivity contribution in [1.82, 2.24) is 0 Å². The fourth-order valence-electron chi connectivity index (χ4n) is 1.69. The van der Waals surface area contributed by atoms with E-state index in [9.17, 15) is 9.18 Å². The number of rotatable bonds is 4. The fraction of sp³-hybridized carbons (Fsp3) is 0.417. The predicted molar refractivity (Wildman–Crippen MR) is 63.6 cm³/mol. The van der Waals surface area contributed by atoms with Crippen molar-refractivity contribution < 1.29 is 13.9 Å². The molecule has 1 fully saturated rings. The van der Waals surface area contributed by atoms with Gasteiger partial charge in [0.25, 0.3) is 0 Å². The normalized spacial score (nSPS) is 16.4. The summed E-state index contributed by atoms with van der Waals surface area (Å²) < 4.78 is 18.0. The minimum atomic E-state index is -0.504. The van der Waals surface area contributed by atoms with Crippen molar-refractivity contribution in [3.8, 4) is 0 Å². The maximum atomic E-state index is 13.2. The van der Waals surface area contributed by atoms with Crippen LogP contribution in [0.15, 0.2) is 18.2 Å². The maximum absolute atomic E-state index is 13.2. The number of esters is 1. The number of hydrogen-bond acceptors (Lipinski definition) is 3. The van der Waals surface area contributed by atoms with Crippen molar-refractivity contribution >= 4 is 23.3 Å². The van der Waals surface area contributed by atoms with Crippen LogP contribution in [0, 0.1) is 11.7 Å². The van der Waals surface area contributed by atoms with Crippen LogP contribution in [-0.4, -0.2) is 19.1 Å². The summed E-state index contributed by atoms with van der Waals surface area (Å²) in [5.74, 6) is -0.542. The van der Waals surface area contributed by atoms with Gasteiger partial charge in [-0.3, -0.25) is 0 Å². The van der Waals surface area contributed by atoms with E-state index in [1.807, 2.05) is 0 Å². The highest BCUT2D eigenvalue weighted by Crippen LogP contribution is 2.35. The van der Waals surface area contributed by atoms with Gasteiger partial charge in [-0.25, -0.2) is 9.18 Å². The Morgan fingerprint density at radius 3 is 2.82 bits per heavy atom. The first-order valence-corrected chi connectivity index (χ1v) is 5.79. The van der Waals surface area contributed by atoms with Crippen LogP contribution < -0.4 is 5.32 Å². The monoisotopic (exact) mass is 257 g/mol. The van der Waals surface area contributed by atoms with E-state index in [2.05, 4.69) is 5.32 Å². The van der Waals surface area contributed by atoms with E-state index < -0.39 is 11.9 Å². The lowest BCUT2D eigenvalue weighted by atomic mass is 10.1. The second-order valence-corrected chi connectivity index (χ2v) is 4.52. The molecule has 0 spiro atoms. The average Bonchev–Trinajstić information content (AvgIpc) is 3.13. The molecule has 0 radical (unpaired) electrons. The van der Waals surface area contributed by atoms with E-state index >= 15 is 0 Å². The summed E-state index contributed by atoms with van der Waals surface area (Å²) in [4.78, 5) is 11.5. The zero-order valence-corrected chi connectivity index (χ0v) is 10.1. The van der Waals surface area contributed by atoms with E-state index in [4.69, 9.17) is 16.3 Å². The van der Waals surface area contributed by atoms with E-state index in [-0.39, 0.29) is 16.9 Å². The van der Waals surface area contributed by atoms with Gasteiger partial charge in [-0.15, -0.1) is 0 Å². The number of methoxy groups -OCH3 is 1. The summed E-state index contributed by atoms with van der Waals surface area (Å²) in [6.07, 6.45) is 1.98. The number of carbonyl (C=O) groups excluding carboxylic acids is 1. The first kappa shape index (κ1) is 12.2. The number of anilines is 1. The molecule has 1 aromatic rings. The topological polar surface area (TPSA) is 38.3 Å². The van der Waals surface area contributed by atoms with Crippen LogP contribution >= 0.6 is 11.6 Å². The number of hydrogen-bond donors (Lipinski definition) is 1. The molecule has 1 saturated carbocycles. The Balaban J connectivity index is 2.11. The molecule has 0 aromatic heterocycles. The van der Waals surface area contributed by atoms with E-state index in [0.29, 0.717) is 5.69 Å². The van der Waals surface area contributed by atoms with Crippen molar-refractivity contribution in [3.05, 3.63) is 29.0 Å². The Bertz CT molecular complexity index is 435. The lowest BCUT2D eigenvalue weighted by Gasteiger charge is -2.17. The van der Waals surface area contributed by atoms with Crippen LogP contribution in [0.25, 0.3) is 0 Å². The number of nitrogens with one attached hydrogen (secondary N) is 1. The summed E-state index contributed by atoms with van der Waals surface area (Å²) in [6, 6.07) is 3.98. The third-order valence-corrected chi connectivity index (χ3v) is 3.10. The number of carbonyl (C=O) groups is 1. The van der Waals surface area contributed by atoms with Gasteiger partial charge >= 0.3 is 5.97 Å². The lowest BCUT2D eigenvalue weighted by Crippen LogP contribution is -2.32. The first-order valence-electron chi connectivity index (χ1n) is 5.41. The quantitative estimate of drug-likeness (QED) is 0.843. The minimum absolute atomic E-state index is 0.0663. The van der Waals surface area contributed by atoms with E-state index in [0.717, 1.165) is 12.8 Å². The van der Waals surface area contributed by atoms with E-state index in [1.165, 1.54) is 19.2 Å². The van der Waals surface area contributed by atoms with Gasteiger partial charge in [-0.2, -0.15) is 0 Å². The molecule has 1 aliphatic rings. The molecular weight excluding hydrogens is 245 g/mol. The number of halogens is 2. The Morgan fingerprint density at radius 2 is 2.29 bits per heavy atom. The van der Waals surface area contributed by atoms with Crippen LogP contribution in [0.1, 0.15) is 12.8 Å². The third-order valence-electron chi connectivity index (χ3n) is 2.79. The van der Waals surface area contributed by atoms with Gasteiger partial charge in [0.1, 0.15) is 11.9 Å². The molecule has 1 N–H and O–H groups in total. The molecule has 0 bridgehead atoms. The zero-order valence-electron chi connectivity index (χ0n) is 9.37. The first-order chi connectivity index (χ1) is 8.11. The van der Waals surface area contributed by atoms with Crippen LogP contribution in [-0.2, 0) is 9.53 Å². The van der Waals surface area contributed by atoms with Gasteiger partial charge in [0.2, 0.25) is 0 Å². The molecule has 3 nitrogen and oxygen atoms in total. The Morgan fingerprint density at radius 1 is 1.59 bits per heavy atom. The summed E-state index contributed by atoms with van der Waals surface area (Å²) >= 11 is 5.59. The second kappa shape index (κ2) is 4.92. The molecule has 17 heavy (non-hydrogen) atoms. The Labute approximate surface area is 104 Å². The Hall–Kier alpha value is -1.29. The van der Waals surface area contributed by atoms with Crippen LogP contribution in [0.5, 0.6) is 0 Å². The summed E-state index contributed by atoms with van der Waals surface area (Å²) in [5, 5.41) is 3.05. The molecule has 1 unspecified atom stereocenters. The van der Waals surface area contributed by atoms with Crippen molar-refractivity contribution in [2.24, 2.45) is 5.92 Å². The highest BCUT2D eigenvalue weighted by Gasteiger charge is 2.37. The van der Waals surface area contributed by atoms with Crippen molar-refractivity contribution in [3.63, 3.8) is 0 Å². The fourth-order valence-corrected chi connectivity index (χ4v) is 1.81. The molecule has 0 aliphatic heterocycles. The molecule has 0 amide bonds. The van der Waals surface area contributed by atoms with Gasteiger partial charge < -0.3 is 10.1 Å². The van der Waals surface area contributed by atoms with Crippen molar-refractivity contribution in [2.75, 3.05) is 12.4 Å². The minimum Gasteiger partial charge on any atom is -0.467 e. The van der Waals surface area contributed by atoms with Crippen LogP contribution in [0.2, 0.25) is 5.02 Å². The van der Waals surface area contributed by atoms with Crippen LogP contribution in [0.3, 0.4) is 0 Å². The Kier molecular flexibility index (Phi) is 3.52. The predicted octanol–water partition coefficient (Wildman–Crippen LogP) is 2.84. The molecule has 1 atom stereocenters. The number of benzene rings is 1. The lowest BCUT2D eigenvalue weighted by molar-refractivity contribution is -0.142. The molecule has 1 aromatic carbocycles. The van der Waals surface area contributed by atoms with Crippen LogP contribution in [0.4, 0.5) is 10.1 Å².